The first-order valence-corrected chi connectivity index (χ1v) is 6.01. The summed E-state index contributed by atoms with van der Waals surface area (Å²) in [5.74, 6) is -0.0147. The van der Waals surface area contributed by atoms with Crippen molar-refractivity contribution in [1.29, 1.82) is 0 Å². The number of methoxy groups -OCH3 is 1. The molecule has 0 bridgehead atoms. The van der Waals surface area contributed by atoms with Crippen LogP contribution >= 0.6 is 0 Å². The van der Waals surface area contributed by atoms with Crippen LogP contribution in [0.2, 0.25) is 0 Å². The molecule has 100 valence electrons. The van der Waals surface area contributed by atoms with E-state index in [-0.39, 0.29) is 5.91 Å². The number of ether oxygens (including phenoxy) is 1. The highest BCUT2D eigenvalue weighted by molar-refractivity contribution is 5.94. The lowest BCUT2D eigenvalue weighted by Gasteiger charge is -2.16. The summed E-state index contributed by atoms with van der Waals surface area (Å²) >= 11 is 0. The largest absolute Gasteiger partial charge is 0.380 e. The second-order valence-electron chi connectivity index (χ2n) is 4.40. The van der Waals surface area contributed by atoms with Crippen molar-refractivity contribution in [3.05, 3.63) is 53.3 Å². The molecule has 5 nitrogen and oxygen atoms in total. The molecule has 0 unspecified atom stereocenters. The van der Waals surface area contributed by atoms with E-state index in [9.17, 15) is 4.79 Å². The van der Waals surface area contributed by atoms with Gasteiger partial charge in [-0.15, -0.1) is 0 Å². The molecular formula is C14H17N3O2. The van der Waals surface area contributed by atoms with Crippen LogP contribution in [0.15, 0.2) is 36.7 Å². The molecule has 2 aromatic rings. The van der Waals surface area contributed by atoms with Crippen molar-refractivity contribution in [2.45, 2.75) is 13.2 Å². The van der Waals surface area contributed by atoms with Crippen LogP contribution in [0.5, 0.6) is 0 Å². The van der Waals surface area contributed by atoms with E-state index in [1.54, 1.807) is 31.5 Å². The highest BCUT2D eigenvalue weighted by Gasteiger charge is 2.12. The Balaban J connectivity index is 2.08. The van der Waals surface area contributed by atoms with Gasteiger partial charge in [0.15, 0.2) is 0 Å². The number of nitrogens with one attached hydrogen (secondary N) is 1. The minimum absolute atomic E-state index is 0.0147. The van der Waals surface area contributed by atoms with Crippen molar-refractivity contribution >= 4 is 5.91 Å². The number of aromatic nitrogens is 2. The van der Waals surface area contributed by atoms with Crippen LogP contribution in [0.4, 0.5) is 0 Å². The zero-order valence-corrected chi connectivity index (χ0v) is 11.1. The van der Waals surface area contributed by atoms with E-state index in [1.165, 1.54) is 0 Å². The molecular weight excluding hydrogens is 242 g/mol. The second-order valence-corrected chi connectivity index (χ2v) is 4.40. The molecule has 2 rings (SSSR count). The van der Waals surface area contributed by atoms with Gasteiger partial charge in [-0.2, -0.15) is 5.10 Å². The monoisotopic (exact) mass is 259 g/mol. The minimum atomic E-state index is -0.0147. The Kier molecular flexibility index (Phi) is 4.30. The molecule has 1 amide bonds. The van der Waals surface area contributed by atoms with E-state index in [0.717, 1.165) is 11.1 Å². The van der Waals surface area contributed by atoms with Crippen molar-refractivity contribution < 1.29 is 9.53 Å². The van der Waals surface area contributed by atoms with Crippen LogP contribution in [0.25, 0.3) is 0 Å². The molecule has 0 saturated heterocycles. The highest BCUT2D eigenvalue weighted by atomic mass is 16.5. The van der Waals surface area contributed by atoms with Crippen LogP contribution in [-0.2, 0) is 17.9 Å². The number of rotatable bonds is 5. The molecule has 0 atom stereocenters. The van der Waals surface area contributed by atoms with Gasteiger partial charge in [0.1, 0.15) is 0 Å². The fourth-order valence-corrected chi connectivity index (χ4v) is 1.89. The topological polar surface area (TPSA) is 58.2 Å². The van der Waals surface area contributed by atoms with Crippen LogP contribution in [0.1, 0.15) is 21.5 Å². The number of aromatic amines is 1. The van der Waals surface area contributed by atoms with E-state index in [2.05, 4.69) is 10.2 Å². The summed E-state index contributed by atoms with van der Waals surface area (Å²) in [5.41, 5.74) is 2.63. The van der Waals surface area contributed by atoms with Crippen molar-refractivity contribution in [2.24, 2.45) is 0 Å². The Labute approximate surface area is 112 Å². The van der Waals surface area contributed by atoms with Crippen molar-refractivity contribution in [3.8, 4) is 0 Å². The van der Waals surface area contributed by atoms with Crippen LogP contribution in [0.3, 0.4) is 0 Å². The third-order valence-electron chi connectivity index (χ3n) is 2.81. The SMILES string of the molecule is COCc1cccc(C(=O)N(C)Cc2cn[nH]c2)c1. The summed E-state index contributed by atoms with van der Waals surface area (Å²) in [4.78, 5) is 13.9. The predicted octanol–water partition coefficient (Wildman–Crippen LogP) is 1.83. The summed E-state index contributed by atoms with van der Waals surface area (Å²) in [7, 11) is 3.41. The van der Waals surface area contributed by atoms with Crippen molar-refractivity contribution in [3.63, 3.8) is 0 Å². The molecule has 1 N–H and O–H groups in total. The molecule has 19 heavy (non-hydrogen) atoms. The van der Waals surface area contributed by atoms with Crippen molar-refractivity contribution in [2.75, 3.05) is 14.2 Å². The Bertz CT molecular complexity index is 537. The number of hydrogen-bond acceptors (Lipinski definition) is 3. The molecule has 1 aromatic carbocycles. The van der Waals surface area contributed by atoms with Gasteiger partial charge in [0.2, 0.25) is 0 Å². The third-order valence-corrected chi connectivity index (χ3v) is 2.81. The lowest BCUT2D eigenvalue weighted by atomic mass is 10.1. The highest BCUT2D eigenvalue weighted by Crippen LogP contribution is 2.10. The molecule has 0 aliphatic rings. The lowest BCUT2D eigenvalue weighted by Crippen LogP contribution is -2.26. The lowest BCUT2D eigenvalue weighted by molar-refractivity contribution is 0.0785. The Morgan fingerprint density at radius 3 is 2.95 bits per heavy atom. The smallest absolute Gasteiger partial charge is 0.253 e. The number of carbonyl (C=O) groups excluding carboxylic acids is 1. The third kappa shape index (κ3) is 3.42. The van der Waals surface area contributed by atoms with E-state index in [4.69, 9.17) is 4.74 Å². The summed E-state index contributed by atoms with van der Waals surface area (Å²) < 4.78 is 5.07. The van der Waals surface area contributed by atoms with Gasteiger partial charge < -0.3 is 9.64 Å². The first-order chi connectivity index (χ1) is 9.20. The molecule has 1 heterocycles. The maximum Gasteiger partial charge on any atom is 0.253 e. The van der Waals surface area contributed by atoms with Gasteiger partial charge in [-0.05, 0) is 17.7 Å². The summed E-state index contributed by atoms with van der Waals surface area (Å²) in [6.45, 7) is 1.04. The van der Waals surface area contributed by atoms with Gasteiger partial charge in [0, 0.05) is 38.0 Å². The van der Waals surface area contributed by atoms with E-state index >= 15 is 0 Å². The first-order valence-electron chi connectivity index (χ1n) is 6.01. The van der Waals surface area contributed by atoms with Gasteiger partial charge in [0.05, 0.1) is 12.8 Å². The summed E-state index contributed by atoms with van der Waals surface area (Å²) in [6.07, 6.45) is 3.50. The summed E-state index contributed by atoms with van der Waals surface area (Å²) in [6, 6.07) is 7.48. The number of nitrogens with zero attached hydrogens (tertiary/aromatic N) is 2. The molecule has 0 fully saturated rings. The Morgan fingerprint density at radius 1 is 1.42 bits per heavy atom. The van der Waals surface area contributed by atoms with Gasteiger partial charge in [-0.1, -0.05) is 12.1 Å². The number of amides is 1. The quantitative estimate of drug-likeness (QED) is 0.891. The number of hydrogen-bond donors (Lipinski definition) is 1. The zero-order valence-electron chi connectivity index (χ0n) is 11.1. The van der Waals surface area contributed by atoms with Gasteiger partial charge >= 0.3 is 0 Å². The average Bonchev–Trinajstić information content (AvgIpc) is 2.91. The number of carbonyl (C=O) groups is 1. The fraction of sp³-hybridized carbons (Fsp3) is 0.286. The maximum atomic E-state index is 12.3. The Morgan fingerprint density at radius 2 is 2.26 bits per heavy atom. The van der Waals surface area contributed by atoms with E-state index in [1.807, 2.05) is 24.3 Å². The Hall–Kier alpha value is -2.14. The molecule has 1 aromatic heterocycles. The second kappa shape index (κ2) is 6.15. The predicted molar refractivity (Wildman–Crippen MR) is 71.5 cm³/mol. The first kappa shape index (κ1) is 13.3. The van der Waals surface area contributed by atoms with Crippen LogP contribution < -0.4 is 0 Å². The molecule has 0 aliphatic heterocycles. The molecule has 0 saturated carbocycles. The molecule has 0 spiro atoms. The van der Waals surface area contributed by atoms with Crippen LogP contribution in [0, 0.1) is 0 Å². The standard InChI is InChI=1S/C14H17N3O2/c1-17(9-12-7-15-16-8-12)14(18)13-5-3-4-11(6-13)10-19-2/h3-8H,9-10H2,1-2H3,(H,15,16). The van der Waals surface area contributed by atoms with E-state index in [0.29, 0.717) is 18.7 Å². The van der Waals surface area contributed by atoms with E-state index < -0.39 is 0 Å². The molecule has 0 aliphatic carbocycles. The number of H-pyrrole nitrogens is 1. The minimum Gasteiger partial charge on any atom is -0.380 e. The average molecular weight is 259 g/mol. The van der Waals surface area contributed by atoms with Gasteiger partial charge in [-0.25, -0.2) is 0 Å². The molecule has 5 heteroatoms. The zero-order chi connectivity index (χ0) is 13.7. The normalized spacial score (nSPS) is 10.4. The van der Waals surface area contributed by atoms with Crippen LogP contribution in [-0.4, -0.2) is 35.2 Å². The maximum absolute atomic E-state index is 12.3. The number of benzene rings is 1. The fourth-order valence-electron chi connectivity index (χ4n) is 1.89. The van der Waals surface area contributed by atoms with Crippen molar-refractivity contribution in [1.82, 2.24) is 15.1 Å². The summed E-state index contributed by atoms with van der Waals surface area (Å²) in [5, 5.41) is 6.60. The van der Waals surface area contributed by atoms with Gasteiger partial charge in [0.25, 0.3) is 5.91 Å². The molecule has 0 radical (unpaired) electrons. The van der Waals surface area contributed by atoms with Gasteiger partial charge in [-0.3, -0.25) is 9.89 Å².